The minimum absolute atomic E-state index is 0.605. The Hall–Kier alpha value is 0.0969. The molecular weight excluding hydrogens is 256 g/mol. The molecule has 19 heavy (non-hydrogen) atoms. The highest BCUT2D eigenvalue weighted by atomic mass is 28.4. The summed E-state index contributed by atoms with van der Waals surface area (Å²) in [6, 6.07) is 1.01. The second kappa shape index (κ2) is 6.70. The lowest BCUT2D eigenvalue weighted by atomic mass is 9.82. The average molecular weight is 286 g/mol. The van der Waals surface area contributed by atoms with E-state index in [-0.39, 0.29) is 0 Å². The summed E-state index contributed by atoms with van der Waals surface area (Å²) >= 11 is 0. The first-order chi connectivity index (χ1) is 9.17. The van der Waals surface area contributed by atoms with Crippen LogP contribution in [0.2, 0.25) is 6.04 Å². The van der Waals surface area contributed by atoms with Gasteiger partial charge in [-0.25, -0.2) is 0 Å². The third kappa shape index (κ3) is 3.60. The SMILES string of the molecule is CCO[Si](CCC12CCC(CC1)C2)(OCC)OCC. The molecule has 0 aromatic heterocycles. The van der Waals surface area contributed by atoms with E-state index in [0.29, 0.717) is 25.2 Å². The maximum Gasteiger partial charge on any atom is 0.500 e. The van der Waals surface area contributed by atoms with Gasteiger partial charge in [0.1, 0.15) is 0 Å². The molecule has 0 N–H and O–H groups in total. The van der Waals surface area contributed by atoms with Crippen LogP contribution < -0.4 is 0 Å². The van der Waals surface area contributed by atoms with E-state index in [9.17, 15) is 0 Å². The molecule has 0 aliphatic heterocycles. The van der Waals surface area contributed by atoms with Crippen molar-refractivity contribution in [3.63, 3.8) is 0 Å². The first kappa shape index (κ1) is 15.5. The molecule has 2 fully saturated rings. The quantitative estimate of drug-likeness (QED) is 0.600. The maximum absolute atomic E-state index is 5.97. The van der Waals surface area contributed by atoms with E-state index < -0.39 is 8.80 Å². The lowest BCUT2D eigenvalue weighted by Crippen LogP contribution is -2.46. The molecule has 0 heterocycles. The molecule has 0 amide bonds. The minimum Gasteiger partial charge on any atom is -0.374 e. The van der Waals surface area contributed by atoms with Crippen molar-refractivity contribution in [1.82, 2.24) is 0 Å². The van der Waals surface area contributed by atoms with E-state index in [1.165, 1.54) is 38.5 Å². The fourth-order valence-corrected chi connectivity index (χ4v) is 6.92. The Morgan fingerprint density at radius 3 is 1.84 bits per heavy atom. The van der Waals surface area contributed by atoms with Crippen LogP contribution in [-0.4, -0.2) is 28.6 Å². The first-order valence-corrected chi connectivity index (χ1v) is 10.0. The third-order valence-electron chi connectivity index (χ3n) is 4.94. The van der Waals surface area contributed by atoms with E-state index in [0.717, 1.165) is 12.0 Å². The van der Waals surface area contributed by atoms with Crippen LogP contribution in [-0.2, 0) is 13.3 Å². The van der Waals surface area contributed by atoms with Crippen LogP contribution in [0.3, 0.4) is 0 Å². The van der Waals surface area contributed by atoms with Gasteiger partial charge in [0.25, 0.3) is 0 Å². The Balaban J connectivity index is 1.94. The van der Waals surface area contributed by atoms with Gasteiger partial charge in [-0.2, -0.15) is 0 Å². The van der Waals surface area contributed by atoms with E-state index in [4.69, 9.17) is 13.3 Å². The summed E-state index contributed by atoms with van der Waals surface area (Å²) in [6.07, 6.45) is 8.44. The number of hydrogen-bond donors (Lipinski definition) is 0. The Bertz CT molecular complexity index is 258. The molecule has 112 valence electrons. The predicted molar refractivity (Wildman–Crippen MR) is 79.1 cm³/mol. The smallest absolute Gasteiger partial charge is 0.374 e. The molecule has 2 aliphatic rings. The van der Waals surface area contributed by atoms with Gasteiger partial charge in [0, 0.05) is 25.9 Å². The highest BCUT2D eigenvalue weighted by Crippen LogP contribution is 2.57. The van der Waals surface area contributed by atoms with Crippen molar-refractivity contribution in [2.24, 2.45) is 11.3 Å². The van der Waals surface area contributed by atoms with Crippen molar-refractivity contribution in [2.75, 3.05) is 19.8 Å². The summed E-state index contributed by atoms with van der Waals surface area (Å²) in [5.41, 5.74) is 0.605. The van der Waals surface area contributed by atoms with Gasteiger partial charge in [-0.3, -0.25) is 0 Å². The molecule has 4 heteroatoms. The van der Waals surface area contributed by atoms with E-state index in [1.54, 1.807) is 0 Å². The second-order valence-electron chi connectivity index (χ2n) is 6.13. The van der Waals surface area contributed by atoms with Gasteiger partial charge in [0.15, 0.2) is 0 Å². The maximum atomic E-state index is 5.97. The summed E-state index contributed by atoms with van der Waals surface area (Å²) in [5.74, 6) is 1.02. The first-order valence-electron chi connectivity index (χ1n) is 8.09. The van der Waals surface area contributed by atoms with Crippen molar-refractivity contribution in [2.45, 2.75) is 65.3 Å². The third-order valence-corrected chi connectivity index (χ3v) is 7.99. The normalized spacial score (nSPS) is 30.2. The molecule has 0 atom stereocenters. The predicted octanol–water partition coefficient (Wildman–Crippen LogP) is 4.01. The lowest BCUT2D eigenvalue weighted by Gasteiger charge is -2.33. The highest BCUT2D eigenvalue weighted by Gasteiger charge is 2.48. The summed E-state index contributed by atoms with van der Waals surface area (Å²) in [6.45, 7) is 8.21. The largest absolute Gasteiger partial charge is 0.500 e. The van der Waals surface area contributed by atoms with Crippen LogP contribution in [0, 0.1) is 11.3 Å². The van der Waals surface area contributed by atoms with Crippen LogP contribution in [0.1, 0.15) is 59.3 Å². The van der Waals surface area contributed by atoms with Crippen molar-refractivity contribution in [3.8, 4) is 0 Å². The summed E-state index contributed by atoms with van der Waals surface area (Å²) in [4.78, 5) is 0. The van der Waals surface area contributed by atoms with Crippen LogP contribution >= 0.6 is 0 Å². The van der Waals surface area contributed by atoms with Gasteiger partial charge in [-0.1, -0.05) is 0 Å². The van der Waals surface area contributed by atoms with Gasteiger partial charge in [-0.05, 0) is 70.6 Å². The second-order valence-corrected chi connectivity index (χ2v) is 8.86. The van der Waals surface area contributed by atoms with Crippen molar-refractivity contribution in [3.05, 3.63) is 0 Å². The molecule has 0 unspecified atom stereocenters. The number of hydrogen-bond acceptors (Lipinski definition) is 3. The van der Waals surface area contributed by atoms with E-state index in [1.807, 2.05) is 20.8 Å². The minimum atomic E-state index is -2.41. The Kier molecular flexibility index (Phi) is 5.46. The zero-order valence-corrected chi connectivity index (χ0v) is 13.9. The molecule has 0 saturated heterocycles. The summed E-state index contributed by atoms with van der Waals surface area (Å²) in [7, 11) is -2.41. The lowest BCUT2D eigenvalue weighted by molar-refractivity contribution is 0.0668. The molecule has 2 aliphatic carbocycles. The van der Waals surface area contributed by atoms with Gasteiger partial charge in [0.05, 0.1) is 0 Å². The molecule has 0 aromatic carbocycles. The molecule has 3 nitrogen and oxygen atoms in total. The van der Waals surface area contributed by atoms with Gasteiger partial charge < -0.3 is 13.3 Å². The number of fused-ring (bicyclic) bond motifs is 2. The Morgan fingerprint density at radius 1 is 0.947 bits per heavy atom. The summed E-state index contributed by atoms with van der Waals surface area (Å²) in [5, 5.41) is 0. The van der Waals surface area contributed by atoms with E-state index in [2.05, 4.69) is 0 Å². The van der Waals surface area contributed by atoms with Gasteiger partial charge in [-0.15, -0.1) is 0 Å². The fraction of sp³-hybridized carbons (Fsp3) is 1.00. The van der Waals surface area contributed by atoms with Crippen molar-refractivity contribution < 1.29 is 13.3 Å². The van der Waals surface area contributed by atoms with Crippen LogP contribution in [0.25, 0.3) is 0 Å². The van der Waals surface area contributed by atoms with Crippen LogP contribution in [0.4, 0.5) is 0 Å². The van der Waals surface area contributed by atoms with E-state index >= 15 is 0 Å². The van der Waals surface area contributed by atoms with Gasteiger partial charge >= 0.3 is 8.80 Å². The Labute approximate surface area is 119 Å². The standard InChI is InChI=1S/C15H30O3Si/c1-4-16-19(17-5-2,18-6-3)12-11-15-9-7-14(13-15)8-10-15/h14H,4-13H2,1-3H3. The molecule has 2 saturated carbocycles. The molecule has 2 rings (SSSR count). The highest BCUT2D eigenvalue weighted by molar-refractivity contribution is 6.60. The van der Waals surface area contributed by atoms with Crippen molar-refractivity contribution >= 4 is 8.80 Å². The van der Waals surface area contributed by atoms with Crippen molar-refractivity contribution in [1.29, 1.82) is 0 Å². The molecular formula is C15H30O3Si. The zero-order valence-electron chi connectivity index (χ0n) is 12.9. The van der Waals surface area contributed by atoms with Gasteiger partial charge in [0.2, 0.25) is 0 Å². The number of rotatable bonds is 9. The Morgan fingerprint density at radius 2 is 1.47 bits per heavy atom. The monoisotopic (exact) mass is 286 g/mol. The molecule has 2 bridgehead atoms. The van der Waals surface area contributed by atoms with Crippen LogP contribution in [0.5, 0.6) is 0 Å². The topological polar surface area (TPSA) is 27.7 Å². The van der Waals surface area contributed by atoms with Crippen LogP contribution in [0.15, 0.2) is 0 Å². The molecule has 0 spiro atoms. The fourth-order valence-electron chi connectivity index (χ4n) is 4.08. The molecule has 0 radical (unpaired) electrons. The average Bonchev–Trinajstić information content (AvgIpc) is 2.98. The molecule has 0 aromatic rings. The summed E-state index contributed by atoms with van der Waals surface area (Å²) < 4.78 is 17.9. The zero-order chi connectivity index (χ0) is 13.8.